The Kier molecular flexibility index (Phi) is 5.39. The molecule has 0 radical (unpaired) electrons. The number of rotatable bonds is 1. The number of aromatic nitrogens is 1. The fourth-order valence-electron chi connectivity index (χ4n) is 0.583. The van der Waals surface area contributed by atoms with Gasteiger partial charge in [-0.05, 0) is 13.8 Å². The monoisotopic (exact) mass is 256 g/mol. The van der Waals surface area contributed by atoms with Gasteiger partial charge in [-0.15, -0.1) is 11.3 Å². The standard InChI is InChI=1S/C6H10N2S.C2HF3O2/c1-4-3-8-6(9-4)5(2)7;3-2(4,5)1(6)7/h3,5H,7H2,1-2H3;(H,6,7). The molecule has 1 unspecified atom stereocenters. The Hall–Kier alpha value is -1.15. The van der Waals surface area contributed by atoms with Gasteiger partial charge >= 0.3 is 12.1 Å². The number of nitrogens with two attached hydrogens (primary N) is 1. The number of halogens is 3. The predicted molar refractivity (Wildman–Crippen MR) is 53.1 cm³/mol. The summed E-state index contributed by atoms with van der Waals surface area (Å²) >= 11 is 1.66. The van der Waals surface area contributed by atoms with Crippen molar-refractivity contribution in [1.29, 1.82) is 0 Å². The van der Waals surface area contributed by atoms with E-state index >= 15 is 0 Å². The summed E-state index contributed by atoms with van der Waals surface area (Å²) in [6.07, 6.45) is -3.23. The van der Waals surface area contributed by atoms with Gasteiger partial charge in [-0.2, -0.15) is 13.2 Å². The summed E-state index contributed by atoms with van der Waals surface area (Å²) in [5, 5.41) is 8.15. The zero-order chi connectivity index (χ0) is 12.9. The maximum atomic E-state index is 10.6. The Balaban J connectivity index is 0.000000293. The van der Waals surface area contributed by atoms with Gasteiger partial charge in [0.15, 0.2) is 0 Å². The molecule has 1 aromatic rings. The lowest BCUT2D eigenvalue weighted by atomic mass is 10.4. The lowest BCUT2D eigenvalue weighted by molar-refractivity contribution is -0.192. The van der Waals surface area contributed by atoms with Crippen LogP contribution in [0.25, 0.3) is 0 Å². The van der Waals surface area contributed by atoms with Crippen molar-refractivity contribution >= 4 is 17.3 Å². The Morgan fingerprint density at radius 3 is 2.19 bits per heavy atom. The number of alkyl halides is 3. The molecule has 0 bridgehead atoms. The minimum absolute atomic E-state index is 0.0868. The van der Waals surface area contributed by atoms with E-state index < -0.39 is 12.1 Å². The Morgan fingerprint density at radius 2 is 2.06 bits per heavy atom. The highest BCUT2D eigenvalue weighted by atomic mass is 32.1. The van der Waals surface area contributed by atoms with E-state index in [1.54, 1.807) is 11.3 Å². The first-order valence-corrected chi connectivity index (χ1v) is 4.94. The number of carboxylic acids is 1. The molecule has 1 atom stereocenters. The minimum Gasteiger partial charge on any atom is -0.475 e. The first kappa shape index (κ1) is 14.8. The van der Waals surface area contributed by atoms with Crippen LogP contribution in [-0.4, -0.2) is 22.2 Å². The molecule has 0 aliphatic heterocycles. The zero-order valence-electron chi connectivity index (χ0n) is 8.58. The van der Waals surface area contributed by atoms with Gasteiger partial charge in [-0.3, -0.25) is 0 Å². The molecule has 1 aromatic heterocycles. The van der Waals surface area contributed by atoms with Crippen LogP contribution >= 0.6 is 11.3 Å². The van der Waals surface area contributed by atoms with E-state index in [1.807, 2.05) is 20.0 Å². The molecule has 16 heavy (non-hydrogen) atoms. The third kappa shape index (κ3) is 5.66. The van der Waals surface area contributed by atoms with Gasteiger partial charge < -0.3 is 10.8 Å². The number of carbonyl (C=O) groups is 1. The number of carboxylic acid groups (broad SMARTS) is 1. The van der Waals surface area contributed by atoms with Gasteiger partial charge in [-0.25, -0.2) is 9.78 Å². The van der Waals surface area contributed by atoms with Crippen LogP contribution in [0.4, 0.5) is 13.2 Å². The van der Waals surface area contributed by atoms with Crippen LogP contribution in [0.3, 0.4) is 0 Å². The SMILES string of the molecule is Cc1cnc(C(C)N)s1.O=C(O)C(F)(F)F. The van der Waals surface area contributed by atoms with Crippen molar-refractivity contribution in [2.75, 3.05) is 0 Å². The van der Waals surface area contributed by atoms with Crippen molar-refractivity contribution in [3.63, 3.8) is 0 Å². The number of thiazole rings is 1. The highest BCUT2D eigenvalue weighted by Gasteiger charge is 2.38. The predicted octanol–water partition coefficient (Wildman–Crippen LogP) is 2.10. The molecule has 8 heteroatoms. The fourth-order valence-corrected chi connectivity index (χ4v) is 1.31. The Labute approximate surface area is 93.9 Å². The summed E-state index contributed by atoms with van der Waals surface area (Å²) in [5.74, 6) is -2.76. The van der Waals surface area contributed by atoms with E-state index in [9.17, 15) is 13.2 Å². The molecule has 0 aliphatic rings. The van der Waals surface area contributed by atoms with Crippen LogP contribution in [0.15, 0.2) is 6.20 Å². The number of hydrogen-bond donors (Lipinski definition) is 2. The molecular weight excluding hydrogens is 245 g/mol. The molecule has 3 N–H and O–H groups in total. The third-order valence-electron chi connectivity index (χ3n) is 1.27. The summed E-state index contributed by atoms with van der Waals surface area (Å²) < 4.78 is 31.7. The van der Waals surface area contributed by atoms with Crippen LogP contribution < -0.4 is 5.73 Å². The molecule has 0 saturated carbocycles. The molecule has 1 heterocycles. The van der Waals surface area contributed by atoms with Gasteiger partial charge in [0, 0.05) is 11.1 Å². The van der Waals surface area contributed by atoms with Gasteiger partial charge in [-0.1, -0.05) is 0 Å². The van der Waals surface area contributed by atoms with Crippen LogP contribution in [-0.2, 0) is 4.79 Å². The second kappa shape index (κ2) is 5.80. The average Bonchev–Trinajstić information content (AvgIpc) is 2.51. The lowest BCUT2D eigenvalue weighted by Gasteiger charge is -1.95. The second-order valence-corrected chi connectivity index (χ2v) is 4.17. The summed E-state index contributed by atoms with van der Waals surface area (Å²) in [7, 11) is 0. The van der Waals surface area contributed by atoms with E-state index in [2.05, 4.69) is 4.98 Å². The van der Waals surface area contributed by atoms with E-state index in [4.69, 9.17) is 15.6 Å². The maximum Gasteiger partial charge on any atom is 0.490 e. The molecule has 0 saturated heterocycles. The van der Waals surface area contributed by atoms with Crippen molar-refractivity contribution in [3.05, 3.63) is 16.1 Å². The first-order valence-electron chi connectivity index (χ1n) is 4.12. The molecule has 0 amide bonds. The summed E-state index contributed by atoms with van der Waals surface area (Å²) in [4.78, 5) is 14.2. The van der Waals surface area contributed by atoms with Crippen molar-refractivity contribution in [2.45, 2.75) is 26.1 Å². The summed E-state index contributed by atoms with van der Waals surface area (Å²) in [6.45, 7) is 3.97. The topological polar surface area (TPSA) is 76.2 Å². The van der Waals surface area contributed by atoms with Gasteiger partial charge in [0.1, 0.15) is 5.01 Å². The smallest absolute Gasteiger partial charge is 0.475 e. The van der Waals surface area contributed by atoms with Crippen LogP contribution in [0.2, 0.25) is 0 Å². The fraction of sp³-hybridized carbons (Fsp3) is 0.500. The number of aryl methyl sites for hydroxylation is 1. The van der Waals surface area contributed by atoms with Crippen molar-refractivity contribution in [2.24, 2.45) is 5.73 Å². The average molecular weight is 256 g/mol. The van der Waals surface area contributed by atoms with Gasteiger partial charge in [0.05, 0.1) is 6.04 Å². The molecule has 1 rings (SSSR count). The molecule has 92 valence electrons. The van der Waals surface area contributed by atoms with Crippen LogP contribution in [0.5, 0.6) is 0 Å². The van der Waals surface area contributed by atoms with Crippen molar-refractivity contribution < 1.29 is 23.1 Å². The number of aliphatic carboxylic acids is 1. The minimum atomic E-state index is -5.08. The van der Waals surface area contributed by atoms with E-state index in [1.165, 1.54) is 4.88 Å². The van der Waals surface area contributed by atoms with Gasteiger partial charge in [0.2, 0.25) is 0 Å². The number of nitrogens with zero attached hydrogens (tertiary/aromatic N) is 1. The van der Waals surface area contributed by atoms with E-state index in [0.717, 1.165) is 5.01 Å². The molecular formula is C8H11F3N2O2S. The van der Waals surface area contributed by atoms with Crippen LogP contribution in [0, 0.1) is 6.92 Å². The number of hydrogen-bond acceptors (Lipinski definition) is 4. The highest BCUT2D eigenvalue weighted by molar-refractivity contribution is 7.11. The summed E-state index contributed by atoms with van der Waals surface area (Å²) in [6, 6.07) is 0.0868. The summed E-state index contributed by atoms with van der Waals surface area (Å²) in [5.41, 5.74) is 5.57. The van der Waals surface area contributed by atoms with E-state index in [0.29, 0.717) is 0 Å². The van der Waals surface area contributed by atoms with Gasteiger partial charge in [0.25, 0.3) is 0 Å². The Morgan fingerprint density at radius 1 is 1.62 bits per heavy atom. The quantitative estimate of drug-likeness (QED) is 0.806. The lowest BCUT2D eigenvalue weighted by Crippen LogP contribution is -2.21. The maximum absolute atomic E-state index is 10.6. The van der Waals surface area contributed by atoms with Crippen molar-refractivity contribution in [1.82, 2.24) is 4.98 Å². The normalized spacial score (nSPS) is 12.6. The molecule has 0 spiro atoms. The zero-order valence-corrected chi connectivity index (χ0v) is 9.39. The molecule has 0 fully saturated rings. The third-order valence-corrected chi connectivity index (χ3v) is 2.38. The second-order valence-electron chi connectivity index (χ2n) is 2.90. The largest absolute Gasteiger partial charge is 0.490 e. The van der Waals surface area contributed by atoms with Crippen LogP contribution in [0.1, 0.15) is 22.9 Å². The first-order chi connectivity index (χ1) is 7.14. The highest BCUT2D eigenvalue weighted by Crippen LogP contribution is 2.16. The molecule has 0 aromatic carbocycles. The molecule has 0 aliphatic carbocycles. The van der Waals surface area contributed by atoms with Crippen molar-refractivity contribution in [3.8, 4) is 0 Å². The Bertz CT molecular complexity index is 349. The molecule has 4 nitrogen and oxygen atoms in total. The van der Waals surface area contributed by atoms with E-state index in [-0.39, 0.29) is 6.04 Å².